The van der Waals surface area contributed by atoms with Crippen LogP contribution in [0.4, 0.5) is 8.78 Å². The zero-order chi connectivity index (χ0) is 11.3. The Balaban J connectivity index is 2.33. The van der Waals surface area contributed by atoms with E-state index in [1.165, 1.54) is 4.68 Å². The third-order valence-electron chi connectivity index (χ3n) is 1.72. The minimum Gasteiger partial charge on any atom is -0.375 e. The average molecular weight is 218 g/mol. The number of hydrogen-bond acceptors (Lipinski definition) is 2. The highest BCUT2D eigenvalue weighted by molar-refractivity contribution is 4.97. The lowest BCUT2D eigenvalue weighted by Gasteiger charge is -2.04. The molecule has 0 unspecified atom stereocenters. The molecule has 0 aliphatic heterocycles. The smallest absolute Gasteiger partial charge is 0.257 e. The van der Waals surface area contributed by atoms with Gasteiger partial charge in [-0.15, -0.1) is 0 Å². The Hall–Kier alpha value is -0.970. The van der Waals surface area contributed by atoms with Gasteiger partial charge < -0.3 is 4.74 Å². The standard InChI is InChI=1S/C10H16F2N2O/c1-8(2)6-15-7-9-3-4-14(13-9)5-10(11)12/h3-4,8,10H,5-7H2,1-2H3. The number of halogens is 2. The number of aromatic nitrogens is 2. The summed E-state index contributed by atoms with van der Waals surface area (Å²) in [5.41, 5.74) is 0.691. The van der Waals surface area contributed by atoms with Crippen LogP contribution in [-0.4, -0.2) is 22.8 Å². The zero-order valence-corrected chi connectivity index (χ0v) is 8.99. The van der Waals surface area contributed by atoms with Crippen molar-refractivity contribution in [2.45, 2.75) is 33.4 Å². The van der Waals surface area contributed by atoms with Gasteiger partial charge in [0.1, 0.15) is 6.54 Å². The van der Waals surface area contributed by atoms with Crippen LogP contribution < -0.4 is 0 Å². The summed E-state index contributed by atoms with van der Waals surface area (Å²) in [5.74, 6) is 0.466. The highest BCUT2D eigenvalue weighted by Crippen LogP contribution is 2.03. The van der Waals surface area contributed by atoms with Crippen molar-refractivity contribution in [3.05, 3.63) is 18.0 Å². The zero-order valence-electron chi connectivity index (χ0n) is 8.99. The Morgan fingerprint density at radius 3 is 2.80 bits per heavy atom. The molecule has 0 amide bonds. The maximum atomic E-state index is 12.0. The first kappa shape index (κ1) is 12.1. The average Bonchev–Trinajstić information content (AvgIpc) is 2.50. The molecule has 5 heteroatoms. The Bertz CT molecular complexity index is 287. The second-order valence-electron chi connectivity index (χ2n) is 3.83. The fourth-order valence-corrected chi connectivity index (χ4v) is 1.12. The van der Waals surface area contributed by atoms with Crippen LogP contribution in [-0.2, 0) is 17.9 Å². The second kappa shape index (κ2) is 5.80. The molecule has 0 aromatic carbocycles. The lowest BCUT2D eigenvalue weighted by Crippen LogP contribution is -2.08. The van der Waals surface area contributed by atoms with E-state index >= 15 is 0 Å². The molecular formula is C10H16F2N2O. The maximum Gasteiger partial charge on any atom is 0.257 e. The molecule has 1 heterocycles. The van der Waals surface area contributed by atoms with Crippen molar-refractivity contribution < 1.29 is 13.5 Å². The minimum atomic E-state index is -2.37. The van der Waals surface area contributed by atoms with Crippen molar-refractivity contribution >= 4 is 0 Å². The molecule has 1 rings (SSSR count). The van der Waals surface area contributed by atoms with Crippen LogP contribution in [0.1, 0.15) is 19.5 Å². The molecule has 0 spiro atoms. The first-order chi connectivity index (χ1) is 7.08. The van der Waals surface area contributed by atoms with Crippen LogP contribution in [0, 0.1) is 5.92 Å². The summed E-state index contributed by atoms with van der Waals surface area (Å²) in [6, 6.07) is 1.70. The van der Waals surface area contributed by atoms with E-state index in [1.54, 1.807) is 12.3 Å². The fraction of sp³-hybridized carbons (Fsp3) is 0.700. The number of alkyl halides is 2. The quantitative estimate of drug-likeness (QED) is 0.732. The van der Waals surface area contributed by atoms with Gasteiger partial charge in [0, 0.05) is 12.8 Å². The normalized spacial score (nSPS) is 11.6. The number of hydrogen-bond donors (Lipinski definition) is 0. The van der Waals surface area contributed by atoms with E-state index in [0.717, 1.165) is 0 Å². The van der Waals surface area contributed by atoms with E-state index in [1.807, 2.05) is 0 Å². The van der Waals surface area contributed by atoms with Gasteiger partial charge in [0.15, 0.2) is 0 Å². The Kier molecular flexibility index (Phi) is 4.68. The molecule has 3 nitrogen and oxygen atoms in total. The summed E-state index contributed by atoms with van der Waals surface area (Å²) in [6.45, 7) is 4.78. The van der Waals surface area contributed by atoms with Crippen LogP contribution in [0.25, 0.3) is 0 Å². The lowest BCUT2D eigenvalue weighted by atomic mass is 10.2. The summed E-state index contributed by atoms with van der Waals surface area (Å²) in [6.07, 6.45) is -0.824. The molecule has 0 fully saturated rings. The topological polar surface area (TPSA) is 27.1 Å². The molecule has 0 aliphatic carbocycles. The molecule has 1 aromatic rings. The molecule has 0 radical (unpaired) electrons. The van der Waals surface area contributed by atoms with Crippen LogP contribution in [0.15, 0.2) is 12.3 Å². The van der Waals surface area contributed by atoms with E-state index in [4.69, 9.17) is 4.74 Å². The van der Waals surface area contributed by atoms with Gasteiger partial charge in [-0.1, -0.05) is 13.8 Å². The van der Waals surface area contributed by atoms with Crippen molar-refractivity contribution in [1.29, 1.82) is 0 Å². The predicted molar refractivity (Wildman–Crippen MR) is 52.7 cm³/mol. The molecule has 0 saturated heterocycles. The molecule has 15 heavy (non-hydrogen) atoms. The fourth-order valence-electron chi connectivity index (χ4n) is 1.12. The van der Waals surface area contributed by atoms with Gasteiger partial charge in [0.25, 0.3) is 6.43 Å². The predicted octanol–water partition coefficient (Wildman–Crippen LogP) is 2.32. The van der Waals surface area contributed by atoms with Crippen LogP contribution in [0.5, 0.6) is 0 Å². The van der Waals surface area contributed by atoms with Gasteiger partial charge in [-0.25, -0.2) is 8.78 Å². The molecule has 0 saturated carbocycles. The molecule has 0 atom stereocenters. The van der Waals surface area contributed by atoms with Gasteiger partial charge in [-0.05, 0) is 12.0 Å². The summed E-state index contributed by atoms with van der Waals surface area (Å²) in [4.78, 5) is 0. The summed E-state index contributed by atoms with van der Waals surface area (Å²) >= 11 is 0. The first-order valence-corrected chi connectivity index (χ1v) is 4.96. The highest BCUT2D eigenvalue weighted by atomic mass is 19.3. The van der Waals surface area contributed by atoms with Crippen molar-refractivity contribution in [3.8, 4) is 0 Å². The molecule has 0 bridgehead atoms. The maximum absolute atomic E-state index is 12.0. The summed E-state index contributed by atoms with van der Waals surface area (Å²) < 4.78 is 30.6. The molecule has 0 aliphatic rings. The molecule has 1 aromatic heterocycles. The highest BCUT2D eigenvalue weighted by Gasteiger charge is 2.05. The van der Waals surface area contributed by atoms with Gasteiger partial charge >= 0.3 is 0 Å². The van der Waals surface area contributed by atoms with Gasteiger partial charge in [0.05, 0.1) is 12.3 Å². The van der Waals surface area contributed by atoms with Crippen LogP contribution >= 0.6 is 0 Å². The largest absolute Gasteiger partial charge is 0.375 e. The minimum absolute atomic E-state index is 0.357. The monoisotopic (exact) mass is 218 g/mol. The van der Waals surface area contributed by atoms with Crippen LogP contribution in [0.2, 0.25) is 0 Å². The van der Waals surface area contributed by atoms with E-state index in [0.29, 0.717) is 24.8 Å². The van der Waals surface area contributed by atoms with Crippen LogP contribution in [0.3, 0.4) is 0 Å². The Morgan fingerprint density at radius 2 is 2.20 bits per heavy atom. The van der Waals surface area contributed by atoms with Crippen molar-refractivity contribution in [2.75, 3.05) is 6.61 Å². The third-order valence-corrected chi connectivity index (χ3v) is 1.72. The second-order valence-corrected chi connectivity index (χ2v) is 3.83. The van der Waals surface area contributed by atoms with Crippen molar-refractivity contribution in [2.24, 2.45) is 5.92 Å². The Labute approximate surface area is 88.0 Å². The van der Waals surface area contributed by atoms with Gasteiger partial charge in [-0.3, -0.25) is 4.68 Å². The van der Waals surface area contributed by atoms with E-state index in [2.05, 4.69) is 18.9 Å². The summed E-state index contributed by atoms with van der Waals surface area (Å²) in [7, 11) is 0. The number of ether oxygens (including phenoxy) is 1. The lowest BCUT2D eigenvalue weighted by molar-refractivity contribution is 0.0929. The third kappa shape index (κ3) is 4.88. The molecule has 0 N–H and O–H groups in total. The number of rotatable bonds is 6. The Morgan fingerprint density at radius 1 is 1.47 bits per heavy atom. The van der Waals surface area contributed by atoms with Crippen molar-refractivity contribution in [3.63, 3.8) is 0 Å². The number of nitrogens with zero attached hydrogens (tertiary/aromatic N) is 2. The van der Waals surface area contributed by atoms with E-state index < -0.39 is 6.43 Å². The SMILES string of the molecule is CC(C)COCc1ccn(CC(F)F)n1. The van der Waals surface area contributed by atoms with Gasteiger partial charge in [0.2, 0.25) is 0 Å². The summed E-state index contributed by atoms with van der Waals surface area (Å²) in [5, 5.41) is 3.96. The molecular weight excluding hydrogens is 202 g/mol. The van der Waals surface area contributed by atoms with E-state index in [-0.39, 0.29) is 6.54 Å². The van der Waals surface area contributed by atoms with E-state index in [9.17, 15) is 8.78 Å². The van der Waals surface area contributed by atoms with Gasteiger partial charge in [-0.2, -0.15) is 5.10 Å². The van der Waals surface area contributed by atoms with Crippen molar-refractivity contribution in [1.82, 2.24) is 9.78 Å². The molecule has 86 valence electrons. The first-order valence-electron chi connectivity index (χ1n) is 4.96.